The summed E-state index contributed by atoms with van der Waals surface area (Å²) in [5, 5.41) is 0. The van der Waals surface area contributed by atoms with E-state index in [1.54, 1.807) is 37.3 Å². The molecule has 0 aliphatic carbocycles. The molecule has 0 radical (unpaired) electrons. The van der Waals surface area contributed by atoms with Crippen LogP contribution >= 0.6 is 0 Å². The third-order valence-electron chi connectivity index (χ3n) is 2.75. The molecule has 3 nitrogen and oxygen atoms in total. The number of nitrogens with two attached hydrogens (primary N) is 1. The first-order chi connectivity index (χ1) is 9.58. The lowest BCUT2D eigenvalue weighted by molar-refractivity contribution is 0.316. The summed E-state index contributed by atoms with van der Waals surface area (Å²) < 4.78 is 24.6. The average Bonchev–Trinajstić information content (AvgIpc) is 2.40. The first-order valence-corrected chi connectivity index (χ1v) is 6.56. The lowest BCUT2D eigenvalue weighted by atomic mass is 10.2. The van der Waals surface area contributed by atoms with Gasteiger partial charge in [-0.1, -0.05) is 13.0 Å². The van der Waals surface area contributed by atoms with Crippen LogP contribution < -0.4 is 15.2 Å². The Morgan fingerprint density at radius 2 is 1.80 bits per heavy atom. The molecule has 2 aromatic rings. The van der Waals surface area contributed by atoms with E-state index in [4.69, 9.17) is 15.2 Å². The van der Waals surface area contributed by atoms with Gasteiger partial charge in [0.15, 0.2) is 0 Å². The Morgan fingerprint density at radius 3 is 2.50 bits per heavy atom. The molecule has 20 heavy (non-hydrogen) atoms. The Labute approximate surface area is 118 Å². The number of ether oxygens (including phenoxy) is 2. The molecule has 2 N–H and O–H groups in total. The molecule has 0 amide bonds. The topological polar surface area (TPSA) is 44.5 Å². The van der Waals surface area contributed by atoms with E-state index >= 15 is 0 Å². The van der Waals surface area contributed by atoms with Gasteiger partial charge in [0.25, 0.3) is 0 Å². The van der Waals surface area contributed by atoms with Crippen molar-refractivity contribution in [2.75, 3.05) is 12.3 Å². The molecule has 0 heterocycles. The van der Waals surface area contributed by atoms with E-state index < -0.39 is 0 Å². The molecule has 0 aliphatic rings. The highest BCUT2D eigenvalue weighted by molar-refractivity contribution is 5.51. The molecule has 106 valence electrons. The molecule has 2 rings (SSSR count). The van der Waals surface area contributed by atoms with Gasteiger partial charge in [-0.2, -0.15) is 0 Å². The molecule has 0 saturated heterocycles. The van der Waals surface area contributed by atoms with Crippen molar-refractivity contribution in [1.29, 1.82) is 0 Å². The molecule has 0 saturated carbocycles. The number of hydrogen-bond acceptors (Lipinski definition) is 3. The van der Waals surface area contributed by atoms with Gasteiger partial charge in [0.1, 0.15) is 23.1 Å². The van der Waals surface area contributed by atoms with Crippen LogP contribution in [-0.4, -0.2) is 6.61 Å². The van der Waals surface area contributed by atoms with E-state index in [2.05, 4.69) is 0 Å². The number of nitrogen functional groups attached to an aromatic ring is 1. The van der Waals surface area contributed by atoms with E-state index in [9.17, 15) is 4.39 Å². The Hall–Kier alpha value is -2.23. The van der Waals surface area contributed by atoms with Gasteiger partial charge in [-0.25, -0.2) is 4.39 Å². The van der Waals surface area contributed by atoms with Crippen molar-refractivity contribution in [2.45, 2.75) is 20.3 Å². The Morgan fingerprint density at radius 1 is 1.05 bits per heavy atom. The largest absolute Gasteiger partial charge is 0.493 e. The number of rotatable bonds is 5. The fourth-order valence-electron chi connectivity index (χ4n) is 1.73. The molecule has 0 unspecified atom stereocenters. The maximum atomic E-state index is 13.5. The van der Waals surface area contributed by atoms with Crippen LogP contribution in [0.25, 0.3) is 0 Å². The number of aryl methyl sites for hydroxylation is 1. The fraction of sp³-hybridized carbons (Fsp3) is 0.250. The molecule has 2 aromatic carbocycles. The van der Waals surface area contributed by atoms with Gasteiger partial charge in [-0.15, -0.1) is 0 Å². The zero-order chi connectivity index (χ0) is 14.5. The lowest BCUT2D eigenvalue weighted by Crippen LogP contribution is -1.97. The highest BCUT2D eigenvalue weighted by atomic mass is 19.1. The van der Waals surface area contributed by atoms with Crippen molar-refractivity contribution in [3.8, 4) is 17.2 Å². The van der Waals surface area contributed by atoms with Gasteiger partial charge >= 0.3 is 0 Å². The van der Waals surface area contributed by atoms with Crippen molar-refractivity contribution >= 4 is 5.69 Å². The predicted octanol–water partition coefficient (Wildman–Crippen LogP) is 4.30. The summed E-state index contributed by atoms with van der Waals surface area (Å²) in [6.07, 6.45) is 0.911. The number of halogens is 1. The quantitative estimate of drug-likeness (QED) is 0.827. The molecular weight excluding hydrogens is 257 g/mol. The van der Waals surface area contributed by atoms with Gasteiger partial charge in [0.05, 0.1) is 6.61 Å². The van der Waals surface area contributed by atoms with E-state index in [-0.39, 0.29) is 5.82 Å². The summed E-state index contributed by atoms with van der Waals surface area (Å²) in [5.41, 5.74) is 6.93. The zero-order valence-corrected chi connectivity index (χ0v) is 11.7. The summed E-state index contributed by atoms with van der Waals surface area (Å²) in [5.74, 6) is 1.31. The molecule has 0 atom stereocenters. The molecule has 0 bridgehead atoms. The first-order valence-electron chi connectivity index (χ1n) is 6.56. The highest BCUT2D eigenvalue weighted by Gasteiger charge is 2.05. The monoisotopic (exact) mass is 275 g/mol. The van der Waals surface area contributed by atoms with Crippen LogP contribution in [0, 0.1) is 12.7 Å². The van der Waals surface area contributed by atoms with Gasteiger partial charge in [0, 0.05) is 30.0 Å². The van der Waals surface area contributed by atoms with E-state index in [0.29, 0.717) is 35.1 Å². The Bertz CT molecular complexity index is 599. The second-order valence-electron chi connectivity index (χ2n) is 4.60. The first kappa shape index (κ1) is 14.2. The van der Waals surface area contributed by atoms with Crippen LogP contribution in [0.4, 0.5) is 10.1 Å². The molecule has 0 fully saturated rings. The minimum Gasteiger partial charge on any atom is -0.493 e. The summed E-state index contributed by atoms with van der Waals surface area (Å²) in [7, 11) is 0. The summed E-state index contributed by atoms with van der Waals surface area (Å²) >= 11 is 0. The van der Waals surface area contributed by atoms with Gasteiger partial charge in [-0.3, -0.25) is 0 Å². The lowest BCUT2D eigenvalue weighted by Gasteiger charge is -2.10. The number of benzene rings is 2. The highest BCUT2D eigenvalue weighted by Crippen LogP contribution is 2.29. The summed E-state index contributed by atoms with van der Waals surface area (Å²) in [4.78, 5) is 0. The predicted molar refractivity (Wildman–Crippen MR) is 77.9 cm³/mol. The van der Waals surface area contributed by atoms with E-state index in [0.717, 1.165) is 6.42 Å². The van der Waals surface area contributed by atoms with Crippen LogP contribution in [0.15, 0.2) is 36.4 Å². The van der Waals surface area contributed by atoms with Crippen molar-refractivity contribution in [3.05, 3.63) is 47.8 Å². The van der Waals surface area contributed by atoms with Crippen LogP contribution in [0.2, 0.25) is 0 Å². The third-order valence-corrected chi connectivity index (χ3v) is 2.75. The summed E-state index contributed by atoms with van der Waals surface area (Å²) in [6, 6.07) is 9.89. The zero-order valence-electron chi connectivity index (χ0n) is 11.7. The van der Waals surface area contributed by atoms with Gasteiger partial charge in [-0.05, 0) is 25.0 Å². The normalized spacial score (nSPS) is 10.3. The van der Waals surface area contributed by atoms with Crippen LogP contribution in [0.3, 0.4) is 0 Å². The SMILES string of the molecule is CCCOc1cc(N)cc(Oc2ccc(C)c(F)c2)c1. The van der Waals surface area contributed by atoms with Crippen molar-refractivity contribution in [3.63, 3.8) is 0 Å². The molecule has 0 aliphatic heterocycles. The van der Waals surface area contributed by atoms with Gasteiger partial charge < -0.3 is 15.2 Å². The number of hydrogen-bond donors (Lipinski definition) is 1. The molecule has 0 aromatic heterocycles. The molecular formula is C16H18FNO2. The minimum atomic E-state index is -0.297. The fourth-order valence-corrected chi connectivity index (χ4v) is 1.73. The van der Waals surface area contributed by atoms with E-state index in [1.165, 1.54) is 6.07 Å². The molecule has 4 heteroatoms. The second kappa shape index (κ2) is 6.28. The van der Waals surface area contributed by atoms with Crippen LogP contribution in [0.1, 0.15) is 18.9 Å². The summed E-state index contributed by atoms with van der Waals surface area (Å²) in [6.45, 7) is 4.34. The van der Waals surface area contributed by atoms with Crippen LogP contribution in [0.5, 0.6) is 17.2 Å². The van der Waals surface area contributed by atoms with Crippen molar-refractivity contribution < 1.29 is 13.9 Å². The van der Waals surface area contributed by atoms with Gasteiger partial charge in [0.2, 0.25) is 0 Å². The average molecular weight is 275 g/mol. The maximum absolute atomic E-state index is 13.5. The minimum absolute atomic E-state index is 0.297. The maximum Gasteiger partial charge on any atom is 0.133 e. The molecule has 0 spiro atoms. The number of anilines is 1. The van der Waals surface area contributed by atoms with Crippen LogP contribution in [-0.2, 0) is 0 Å². The smallest absolute Gasteiger partial charge is 0.133 e. The third kappa shape index (κ3) is 3.63. The Kier molecular flexibility index (Phi) is 4.45. The van der Waals surface area contributed by atoms with E-state index in [1.807, 2.05) is 6.92 Å². The standard InChI is InChI=1S/C16H18FNO2/c1-3-6-19-14-7-12(18)8-15(9-14)20-13-5-4-11(2)16(17)10-13/h4-5,7-10H,3,6,18H2,1-2H3. The Balaban J connectivity index is 2.19. The van der Waals surface area contributed by atoms with Crippen molar-refractivity contribution in [2.24, 2.45) is 0 Å². The van der Waals surface area contributed by atoms with Crippen molar-refractivity contribution in [1.82, 2.24) is 0 Å². The second-order valence-corrected chi connectivity index (χ2v) is 4.60.